The van der Waals surface area contributed by atoms with Gasteiger partial charge >= 0.3 is 0 Å². The number of aromatic nitrogens is 3. The van der Waals surface area contributed by atoms with E-state index in [-0.39, 0.29) is 5.92 Å². The van der Waals surface area contributed by atoms with Crippen LogP contribution in [0.2, 0.25) is 0 Å². The first-order chi connectivity index (χ1) is 12.6. The highest BCUT2D eigenvalue weighted by molar-refractivity contribution is 5.90. The second-order valence-electron chi connectivity index (χ2n) is 7.08. The summed E-state index contributed by atoms with van der Waals surface area (Å²) in [4.78, 5) is 4.83. The quantitative estimate of drug-likeness (QED) is 0.671. The van der Waals surface area contributed by atoms with Crippen LogP contribution >= 0.6 is 0 Å². The monoisotopic (exact) mass is 352 g/mol. The summed E-state index contributed by atoms with van der Waals surface area (Å²) in [5.74, 6) is 3.92. The van der Waals surface area contributed by atoms with Crippen molar-refractivity contribution in [2.24, 2.45) is 0 Å². The van der Waals surface area contributed by atoms with Gasteiger partial charge in [0.2, 0.25) is 0 Å². The number of hydrogen-bond donors (Lipinski definition) is 2. The standard InChI is InChI=1S/C20H24N4O2/c1-11(2)20-14-9-17(26-4)16(25-3)7-13(14)8-18(22-20)21-19-10-15(23-24-19)12-5-6-12/h7-12H,5-6H2,1-4H3,(H2,21,22,23,24). The Morgan fingerprint density at radius 3 is 2.42 bits per heavy atom. The van der Waals surface area contributed by atoms with Gasteiger partial charge in [-0.2, -0.15) is 5.10 Å². The highest BCUT2D eigenvalue weighted by Crippen LogP contribution is 2.40. The lowest BCUT2D eigenvalue weighted by molar-refractivity contribution is 0.356. The van der Waals surface area contributed by atoms with E-state index in [2.05, 4.69) is 35.4 Å². The molecule has 0 saturated heterocycles. The SMILES string of the molecule is COc1cc2cc(Nc3cc(C4CC4)[nH]n3)nc(C(C)C)c2cc1OC. The van der Waals surface area contributed by atoms with E-state index < -0.39 is 0 Å². The predicted octanol–water partition coefficient (Wildman–Crippen LogP) is 4.72. The first-order valence-corrected chi connectivity index (χ1v) is 8.98. The van der Waals surface area contributed by atoms with Gasteiger partial charge in [-0.15, -0.1) is 0 Å². The highest BCUT2D eigenvalue weighted by Gasteiger charge is 2.25. The van der Waals surface area contributed by atoms with Crippen LogP contribution in [0.3, 0.4) is 0 Å². The molecule has 1 aliphatic rings. The molecular weight excluding hydrogens is 328 g/mol. The van der Waals surface area contributed by atoms with Crippen molar-refractivity contribution in [2.45, 2.75) is 38.5 Å². The molecule has 2 aromatic heterocycles. The number of H-pyrrole nitrogens is 1. The van der Waals surface area contributed by atoms with Gasteiger partial charge in [-0.05, 0) is 42.3 Å². The van der Waals surface area contributed by atoms with Crippen LogP contribution in [0.4, 0.5) is 11.6 Å². The Hall–Kier alpha value is -2.76. The van der Waals surface area contributed by atoms with E-state index in [1.54, 1.807) is 14.2 Å². The minimum Gasteiger partial charge on any atom is -0.493 e. The summed E-state index contributed by atoms with van der Waals surface area (Å²) >= 11 is 0. The lowest BCUT2D eigenvalue weighted by Gasteiger charge is -2.15. The minimum atomic E-state index is 0.276. The van der Waals surface area contributed by atoms with Gasteiger partial charge in [0.15, 0.2) is 17.3 Å². The zero-order chi connectivity index (χ0) is 18.3. The van der Waals surface area contributed by atoms with Crippen molar-refractivity contribution < 1.29 is 9.47 Å². The van der Waals surface area contributed by atoms with Crippen LogP contribution in [0, 0.1) is 0 Å². The van der Waals surface area contributed by atoms with E-state index in [1.165, 1.54) is 18.5 Å². The van der Waals surface area contributed by atoms with E-state index in [9.17, 15) is 0 Å². The van der Waals surface area contributed by atoms with Gasteiger partial charge in [-0.25, -0.2) is 4.98 Å². The molecule has 26 heavy (non-hydrogen) atoms. The molecule has 4 rings (SSSR count). The lowest BCUT2D eigenvalue weighted by Crippen LogP contribution is -2.01. The van der Waals surface area contributed by atoms with E-state index in [0.717, 1.165) is 28.1 Å². The van der Waals surface area contributed by atoms with E-state index in [1.807, 2.05) is 18.2 Å². The molecule has 1 fully saturated rings. The molecule has 0 unspecified atom stereocenters. The molecule has 0 amide bonds. The molecule has 2 N–H and O–H groups in total. The molecule has 0 aliphatic heterocycles. The minimum absolute atomic E-state index is 0.276. The summed E-state index contributed by atoms with van der Waals surface area (Å²) in [5, 5.41) is 13.0. The summed E-state index contributed by atoms with van der Waals surface area (Å²) < 4.78 is 10.9. The molecule has 3 aromatic rings. The molecule has 2 heterocycles. The summed E-state index contributed by atoms with van der Waals surface area (Å²) in [6, 6.07) is 8.09. The summed E-state index contributed by atoms with van der Waals surface area (Å²) in [7, 11) is 3.30. The molecule has 6 heteroatoms. The maximum Gasteiger partial charge on any atom is 0.161 e. The third-order valence-corrected chi connectivity index (χ3v) is 4.78. The van der Waals surface area contributed by atoms with E-state index in [0.29, 0.717) is 17.4 Å². The van der Waals surface area contributed by atoms with Crippen LogP contribution in [-0.2, 0) is 0 Å². The van der Waals surface area contributed by atoms with Crippen LogP contribution in [0.15, 0.2) is 24.3 Å². The maximum atomic E-state index is 5.46. The number of anilines is 2. The lowest BCUT2D eigenvalue weighted by atomic mass is 10.0. The Morgan fingerprint density at radius 1 is 1.04 bits per heavy atom. The number of rotatable bonds is 6. The van der Waals surface area contributed by atoms with Crippen LogP contribution in [-0.4, -0.2) is 29.4 Å². The number of benzene rings is 1. The Bertz CT molecular complexity index is 944. The third-order valence-electron chi connectivity index (χ3n) is 4.78. The fourth-order valence-electron chi connectivity index (χ4n) is 3.24. The molecule has 1 saturated carbocycles. The first-order valence-electron chi connectivity index (χ1n) is 8.98. The average Bonchev–Trinajstić information content (AvgIpc) is 3.39. The third kappa shape index (κ3) is 3.07. The molecule has 1 aromatic carbocycles. The highest BCUT2D eigenvalue weighted by atomic mass is 16.5. The molecule has 136 valence electrons. The molecule has 0 bridgehead atoms. The van der Waals surface area contributed by atoms with Crippen LogP contribution in [0.5, 0.6) is 11.5 Å². The summed E-state index contributed by atoms with van der Waals surface area (Å²) in [6.45, 7) is 4.28. The fraction of sp³-hybridized carbons (Fsp3) is 0.400. The van der Waals surface area contributed by atoms with Crippen LogP contribution in [0.1, 0.15) is 49.9 Å². The smallest absolute Gasteiger partial charge is 0.161 e. The number of nitrogens with zero attached hydrogens (tertiary/aromatic N) is 2. The normalized spacial score (nSPS) is 14.0. The van der Waals surface area contributed by atoms with Crippen LogP contribution in [0.25, 0.3) is 10.8 Å². The number of aromatic amines is 1. The van der Waals surface area contributed by atoms with Crippen molar-refractivity contribution in [1.82, 2.24) is 15.2 Å². The average molecular weight is 352 g/mol. The van der Waals surface area contributed by atoms with E-state index >= 15 is 0 Å². The van der Waals surface area contributed by atoms with Crippen molar-refractivity contribution in [3.8, 4) is 11.5 Å². The Labute approximate surface area is 152 Å². The van der Waals surface area contributed by atoms with E-state index in [4.69, 9.17) is 14.5 Å². The van der Waals surface area contributed by atoms with Gasteiger partial charge in [0, 0.05) is 23.1 Å². The maximum absolute atomic E-state index is 5.46. The summed E-state index contributed by atoms with van der Waals surface area (Å²) in [5.41, 5.74) is 2.22. The number of hydrogen-bond acceptors (Lipinski definition) is 5. The number of nitrogens with one attached hydrogen (secondary N) is 2. The fourth-order valence-corrected chi connectivity index (χ4v) is 3.24. The second kappa shape index (κ2) is 6.52. The second-order valence-corrected chi connectivity index (χ2v) is 7.08. The van der Waals surface area contributed by atoms with Gasteiger partial charge in [0.1, 0.15) is 5.82 Å². The molecule has 0 spiro atoms. The van der Waals surface area contributed by atoms with Crippen LogP contribution < -0.4 is 14.8 Å². The van der Waals surface area contributed by atoms with Gasteiger partial charge in [-0.1, -0.05) is 13.8 Å². The Balaban J connectivity index is 1.76. The number of methoxy groups -OCH3 is 2. The summed E-state index contributed by atoms with van der Waals surface area (Å²) in [6.07, 6.45) is 2.49. The Morgan fingerprint density at radius 2 is 1.77 bits per heavy atom. The van der Waals surface area contributed by atoms with Crippen molar-refractivity contribution in [3.05, 3.63) is 35.7 Å². The molecular formula is C20H24N4O2. The van der Waals surface area contributed by atoms with Gasteiger partial charge in [0.05, 0.1) is 19.9 Å². The van der Waals surface area contributed by atoms with Gasteiger partial charge in [0.25, 0.3) is 0 Å². The predicted molar refractivity (Wildman–Crippen MR) is 103 cm³/mol. The van der Waals surface area contributed by atoms with Gasteiger partial charge in [-0.3, -0.25) is 5.10 Å². The molecule has 0 radical (unpaired) electrons. The molecule has 1 aliphatic carbocycles. The van der Waals surface area contributed by atoms with Gasteiger partial charge < -0.3 is 14.8 Å². The topological polar surface area (TPSA) is 72.1 Å². The first kappa shape index (κ1) is 16.7. The zero-order valence-corrected chi connectivity index (χ0v) is 15.6. The van der Waals surface area contributed by atoms with Crippen molar-refractivity contribution in [2.75, 3.05) is 19.5 Å². The largest absolute Gasteiger partial charge is 0.493 e. The number of ether oxygens (including phenoxy) is 2. The van der Waals surface area contributed by atoms with Crippen molar-refractivity contribution in [1.29, 1.82) is 0 Å². The molecule has 6 nitrogen and oxygen atoms in total. The Kier molecular flexibility index (Phi) is 4.18. The zero-order valence-electron chi connectivity index (χ0n) is 15.6. The van der Waals surface area contributed by atoms with Crippen molar-refractivity contribution in [3.63, 3.8) is 0 Å². The number of fused-ring (bicyclic) bond motifs is 1. The van der Waals surface area contributed by atoms with Crippen molar-refractivity contribution >= 4 is 22.4 Å². The molecule has 0 atom stereocenters. The number of pyridine rings is 1.